The molecule has 3 aromatic rings. The number of hydrogen-bond acceptors (Lipinski definition) is 7. The summed E-state index contributed by atoms with van der Waals surface area (Å²) in [6, 6.07) is 17.6. The number of nitrogens with zero attached hydrogens (tertiary/aromatic N) is 2. The third kappa shape index (κ3) is 6.11. The van der Waals surface area contributed by atoms with Gasteiger partial charge in [0, 0.05) is 12.1 Å². The molecule has 184 valence electrons. The maximum Gasteiger partial charge on any atom is 0.269 e. The standard InChI is InChI=1S/C27H25N3O5S/c1-4-34-24-14-20(8-12-23(24)35-16-19-6-10-22(11-7-19)30(32)33)15-25-26(31)29-27(36-25)28-21-9-5-17(2)18(3)13-21/h5-15H,4,16H2,1-3H3,(H,28,29,31)/b25-15+. The summed E-state index contributed by atoms with van der Waals surface area (Å²) in [6.07, 6.45) is 1.78. The van der Waals surface area contributed by atoms with E-state index in [1.54, 1.807) is 24.3 Å². The summed E-state index contributed by atoms with van der Waals surface area (Å²) in [5, 5.41) is 14.2. The SMILES string of the molecule is CCOc1cc(/C=C2/SC(=Nc3ccc(C)c(C)c3)NC2=O)ccc1OCc1ccc([N+](=O)[O-])cc1. The van der Waals surface area contributed by atoms with Crippen LogP contribution in [0.3, 0.4) is 0 Å². The normalized spacial score (nSPS) is 15.2. The third-order valence-electron chi connectivity index (χ3n) is 5.48. The molecule has 0 unspecified atom stereocenters. The number of amidine groups is 1. The number of ether oxygens (including phenoxy) is 2. The minimum Gasteiger partial charge on any atom is -0.490 e. The number of carbonyl (C=O) groups is 1. The van der Waals surface area contributed by atoms with Crippen LogP contribution in [0.25, 0.3) is 6.08 Å². The first-order valence-corrected chi connectivity index (χ1v) is 12.1. The van der Waals surface area contributed by atoms with Crippen molar-refractivity contribution in [3.05, 3.63) is 97.9 Å². The summed E-state index contributed by atoms with van der Waals surface area (Å²) in [4.78, 5) is 28.0. The van der Waals surface area contributed by atoms with Gasteiger partial charge in [0.25, 0.3) is 11.6 Å². The van der Waals surface area contributed by atoms with Gasteiger partial charge >= 0.3 is 0 Å². The van der Waals surface area contributed by atoms with Crippen molar-refractivity contribution < 1.29 is 19.2 Å². The van der Waals surface area contributed by atoms with Crippen LogP contribution in [0.2, 0.25) is 0 Å². The number of rotatable bonds is 8. The molecule has 1 fully saturated rings. The minimum atomic E-state index is -0.438. The van der Waals surface area contributed by atoms with Gasteiger partial charge in [-0.1, -0.05) is 12.1 Å². The van der Waals surface area contributed by atoms with E-state index >= 15 is 0 Å². The molecule has 36 heavy (non-hydrogen) atoms. The Kier molecular flexibility index (Phi) is 7.70. The summed E-state index contributed by atoms with van der Waals surface area (Å²) in [5.74, 6) is 0.873. The van der Waals surface area contributed by atoms with E-state index in [0.29, 0.717) is 28.2 Å². The van der Waals surface area contributed by atoms with E-state index in [9.17, 15) is 14.9 Å². The fourth-order valence-corrected chi connectivity index (χ4v) is 4.26. The average molecular weight is 504 g/mol. The van der Waals surface area contributed by atoms with Crippen LogP contribution >= 0.6 is 11.8 Å². The highest BCUT2D eigenvalue weighted by atomic mass is 32.2. The number of aliphatic imine (C=N–C) groups is 1. The van der Waals surface area contributed by atoms with Crippen molar-refractivity contribution in [3.8, 4) is 11.5 Å². The van der Waals surface area contributed by atoms with Gasteiger partial charge in [-0.05, 0) is 97.3 Å². The number of hydrogen-bond donors (Lipinski definition) is 1. The molecule has 1 aliphatic heterocycles. The molecule has 1 saturated heterocycles. The topological polar surface area (TPSA) is 103 Å². The molecule has 0 aromatic heterocycles. The molecule has 1 amide bonds. The Morgan fingerprint density at radius 2 is 1.78 bits per heavy atom. The predicted octanol–water partition coefficient (Wildman–Crippen LogP) is 6.08. The first-order chi connectivity index (χ1) is 17.3. The molecular formula is C27H25N3O5S. The Balaban J connectivity index is 1.49. The molecule has 0 saturated carbocycles. The zero-order valence-electron chi connectivity index (χ0n) is 20.1. The molecule has 0 radical (unpaired) electrons. The summed E-state index contributed by atoms with van der Waals surface area (Å²) in [7, 11) is 0. The van der Waals surface area contributed by atoms with E-state index in [2.05, 4.69) is 10.3 Å². The molecule has 0 aliphatic carbocycles. The number of nitrogens with one attached hydrogen (secondary N) is 1. The first kappa shape index (κ1) is 25.0. The highest BCUT2D eigenvalue weighted by Gasteiger charge is 2.24. The van der Waals surface area contributed by atoms with E-state index in [-0.39, 0.29) is 18.2 Å². The van der Waals surface area contributed by atoms with Crippen LogP contribution in [0.1, 0.15) is 29.2 Å². The van der Waals surface area contributed by atoms with E-state index in [1.165, 1.54) is 29.5 Å². The van der Waals surface area contributed by atoms with Crippen LogP contribution in [0, 0.1) is 24.0 Å². The summed E-state index contributed by atoms with van der Waals surface area (Å²) in [6.45, 7) is 6.62. The molecule has 1 N–H and O–H groups in total. The van der Waals surface area contributed by atoms with E-state index < -0.39 is 4.92 Å². The second-order valence-electron chi connectivity index (χ2n) is 8.10. The fourth-order valence-electron chi connectivity index (χ4n) is 3.42. The Morgan fingerprint density at radius 1 is 1.00 bits per heavy atom. The first-order valence-electron chi connectivity index (χ1n) is 11.3. The van der Waals surface area contributed by atoms with E-state index in [0.717, 1.165) is 22.4 Å². The Labute approximate surface area is 213 Å². The largest absolute Gasteiger partial charge is 0.490 e. The van der Waals surface area contributed by atoms with Crippen LogP contribution < -0.4 is 14.8 Å². The van der Waals surface area contributed by atoms with Crippen LogP contribution in [0.5, 0.6) is 11.5 Å². The lowest BCUT2D eigenvalue weighted by Gasteiger charge is -2.13. The smallest absolute Gasteiger partial charge is 0.269 e. The zero-order valence-corrected chi connectivity index (χ0v) is 20.9. The number of amides is 1. The molecule has 3 aromatic carbocycles. The van der Waals surface area contributed by atoms with Crippen LogP contribution in [0.15, 0.2) is 70.6 Å². The van der Waals surface area contributed by atoms with Crippen molar-refractivity contribution in [2.24, 2.45) is 4.99 Å². The van der Waals surface area contributed by atoms with Crippen LogP contribution in [0.4, 0.5) is 11.4 Å². The van der Waals surface area contributed by atoms with Gasteiger partial charge in [0.05, 0.1) is 22.1 Å². The van der Waals surface area contributed by atoms with Gasteiger partial charge in [-0.3, -0.25) is 14.9 Å². The Hall–Kier alpha value is -4.11. The van der Waals surface area contributed by atoms with E-state index in [4.69, 9.17) is 9.47 Å². The maximum absolute atomic E-state index is 12.5. The van der Waals surface area contributed by atoms with Crippen molar-refractivity contribution in [2.75, 3.05) is 6.61 Å². The zero-order chi connectivity index (χ0) is 25.7. The highest BCUT2D eigenvalue weighted by molar-refractivity contribution is 8.18. The van der Waals surface area contributed by atoms with Crippen molar-refractivity contribution in [1.82, 2.24) is 5.32 Å². The maximum atomic E-state index is 12.5. The number of aryl methyl sites for hydroxylation is 2. The molecule has 4 rings (SSSR count). The molecule has 0 spiro atoms. The number of nitro groups is 1. The highest BCUT2D eigenvalue weighted by Crippen LogP contribution is 2.33. The fraction of sp³-hybridized carbons (Fsp3) is 0.185. The van der Waals surface area contributed by atoms with Gasteiger partial charge in [0.2, 0.25) is 0 Å². The number of nitro benzene ring substituents is 1. The lowest BCUT2D eigenvalue weighted by molar-refractivity contribution is -0.384. The monoisotopic (exact) mass is 503 g/mol. The van der Waals surface area contributed by atoms with Crippen LogP contribution in [-0.4, -0.2) is 22.6 Å². The lowest BCUT2D eigenvalue weighted by atomic mass is 10.1. The van der Waals surface area contributed by atoms with Gasteiger partial charge in [-0.15, -0.1) is 0 Å². The lowest BCUT2D eigenvalue weighted by Crippen LogP contribution is -2.19. The Bertz CT molecular complexity index is 1370. The number of thioether (sulfide) groups is 1. The van der Waals surface area contributed by atoms with Crippen LogP contribution in [-0.2, 0) is 11.4 Å². The molecule has 0 atom stereocenters. The quantitative estimate of drug-likeness (QED) is 0.227. The van der Waals surface area contributed by atoms with Crippen molar-refractivity contribution in [3.63, 3.8) is 0 Å². The molecule has 9 heteroatoms. The van der Waals surface area contributed by atoms with Gasteiger partial charge in [0.1, 0.15) is 6.61 Å². The van der Waals surface area contributed by atoms with Gasteiger partial charge in [-0.2, -0.15) is 0 Å². The van der Waals surface area contributed by atoms with Crippen molar-refractivity contribution >= 4 is 40.3 Å². The summed E-state index contributed by atoms with van der Waals surface area (Å²) >= 11 is 1.28. The molecule has 1 aliphatic rings. The second-order valence-corrected chi connectivity index (χ2v) is 9.13. The number of non-ortho nitro benzene ring substituents is 1. The van der Waals surface area contributed by atoms with Gasteiger partial charge in [0.15, 0.2) is 16.7 Å². The van der Waals surface area contributed by atoms with Gasteiger partial charge in [-0.25, -0.2) is 4.99 Å². The minimum absolute atomic E-state index is 0.0298. The van der Waals surface area contributed by atoms with E-state index in [1.807, 2.05) is 51.1 Å². The molecule has 8 nitrogen and oxygen atoms in total. The summed E-state index contributed by atoms with van der Waals surface area (Å²) in [5.41, 5.74) is 4.72. The molecule has 0 bridgehead atoms. The number of benzene rings is 3. The van der Waals surface area contributed by atoms with Gasteiger partial charge < -0.3 is 14.8 Å². The molecule has 1 heterocycles. The second kappa shape index (κ2) is 11.1. The average Bonchev–Trinajstić information content (AvgIpc) is 3.19. The predicted molar refractivity (Wildman–Crippen MR) is 142 cm³/mol. The number of carbonyl (C=O) groups excluding carboxylic acids is 1. The van der Waals surface area contributed by atoms with Crippen molar-refractivity contribution in [2.45, 2.75) is 27.4 Å². The molecular weight excluding hydrogens is 478 g/mol. The Morgan fingerprint density at radius 3 is 2.47 bits per heavy atom. The van der Waals surface area contributed by atoms with Crippen molar-refractivity contribution in [1.29, 1.82) is 0 Å². The third-order valence-corrected chi connectivity index (χ3v) is 6.39. The summed E-state index contributed by atoms with van der Waals surface area (Å²) < 4.78 is 11.7.